The molecular weight excluding hydrogens is 220 g/mol. The average molecular weight is 238 g/mol. The van der Waals surface area contributed by atoms with E-state index in [9.17, 15) is 15.0 Å². The van der Waals surface area contributed by atoms with Crippen LogP contribution in [0, 0.1) is 0 Å². The lowest BCUT2D eigenvalue weighted by Crippen LogP contribution is -2.40. The summed E-state index contributed by atoms with van der Waals surface area (Å²) in [6.07, 6.45) is 4.08. The van der Waals surface area contributed by atoms with Crippen LogP contribution >= 0.6 is 0 Å². The van der Waals surface area contributed by atoms with Crippen LogP contribution in [0.2, 0.25) is 0 Å². The Hall–Kier alpha value is -1.62. The molecule has 94 valence electrons. The fourth-order valence-corrected chi connectivity index (χ4v) is 1.55. The van der Waals surface area contributed by atoms with Crippen molar-refractivity contribution in [3.05, 3.63) is 24.0 Å². The van der Waals surface area contributed by atoms with Gasteiger partial charge in [0.1, 0.15) is 5.75 Å². The summed E-state index contributed by atoms with van der Waals surface area (Å²) in [5, 5.41) is 21.7. The molecule has 0 saturated carbocycles. The summed E-state index contributed by atoms with van der Waals surface area (Å²) in [6, 6.07) is 1.33. The number of nitrogens with one attached hydrogen (secondary N) is 1. The van der Waals surface area contributed by atoms with Gasteiger partial charge in [0.25, 0.3) is 5.91 Å². The highest BCUT2D eigenvalue weighted by Gasteiger charge is 2.20. The minimum Gasteiger partial charge on any atom is -0.506 e. The predicted octanol–water partition coefficient (Wildman–Crippen LogP) is 1.07. The highest BCUT2D eigenvalue weighted by atomic mass is 16.3. The van der Waals surface area contributed by atoms with E-state index >= 15 is 0 Å². The van der Waals surface area contributed by atoms with Gasteiger partial charge in [0, 0.05) is 12.7 Å². The van der Waals surface area contributed by atoms with Crippen molar-refractivity contribution >= 4 is 5.91 Å². The highest BCUT2D eigenvalue weighted by Crippen LogP contribution is 2.11. The maximum atomic E-state index is 11.7. The smallest absolute Gasteiger partial charge is 0.253 e. The standard InChI is InChI=1S/C12H18N2O3/c1-3-4-12(2,17)8-14-11(16)9-5-10(15)7-13-6-9/h5-7,15,17H,3-4,8H2,1-2H3,(H,14,16). The van der Waals surface area contributed by atoms with E-state index in [4.69, 9.17) is 0 Å². The molecule has 0 spiro atoms. The van der Waals surface area contributed by atoms with E-state index in [1.165, 1.54) is 18.5 Å². The molecule has 0 aliphatic carbocycles. The van der Waals surface area contributed by atoms with Gasteiger partial charge >= 0.3 is 0 Å². The molecule has 3 N–H and O–H groups in total. The van der Waals surface area contributed by atoms with Crippen LogP contribution in [0.3, 0.4) is 0 Å². The van der Waals surface area contributed by atoms with Crippen molar-refractivity contribution in [3.63, 3.8) is 0 Å². The lowest BCUT2D eigenvalue weighted by Gasteiger charge is -2.22. The first-order chi connectivity index (χ1) is 7.94. The number of amides is 1. The third-order valence-corrected chi connectivity index (χ3v) is 2.40. The Morgan fingerprint density at radius 1 is 1.53 bits per heavy atom. The Morgan fingerprint density at radius 2 is 2.24 bits per heavy atom. The van der Waals surface area contributed by atoms with Crippen LogP contribution in [0.5, 0.6) is 5.75 Å². The van der Waals surface area contributed by atoms with Crippen LogP contribution in [0.25, 0.3) is 0 Å². The molecule has 0 aliphatic heterocycles. The number of aromatic nitrogens is 1. The van der Waals surface area contributed by atoms with Crippen LogP contribution in [0.1, 0.15) is 37.0 Å². The van der Waals surface area contributed by atoms with Gasteiger partial charge < -0.3 is 15.5 Å². The number of pyridine rings is 1. The Kier molecular flexibility index (Phi) is 4.45. The van der Waals surface area contributed by atoms with Gasteiger partial charge in [-0.05, 0) is 19.4 Å². The molecule has 1 rings (SSSR count). The zero-order chi connectivity index (χ0) is 12.9. The van der Waals surface area contributed by atoms with Crippen molar-refractivity contribution in [1.29, 1.82) is 0 Å². The van der Waals surface area contributed by atoms with Crippen molar-refractivity contribution < 1.29 is 15.0 Å². The fourth-order valence-electron chi connectivity index (χ4n) is 1.55. The summed E-state index contributed by atoms with van der Waals surface area (Å²) in [4.78, 5) is 15.4. The van der Waals surface area contributed by atoms with Gasteiger partial charge in [-0.1, -0.05) is 13.3 Å². The van der Waals surface area contributed by atoms with E-state index in [1.54, 1.807) is 6.92 Å². The lowest BCUT2D eigenvalue weighted by atomic mass is 10.0. The summed E-state index contributed by atoms with van der Waals surface area (Å²) < 4.78 is 0. The molecule has 0 radical (unpaired) electrons. The molecule has 1 unspecified atom stereocenters. The number of nitrogens with zero attached hydrogens (tertiary/aromatic N) is 1. The molecule has 1 aromatic rings. The predicted molar refractivity (Wildman–Crippen MR) is 63.8 cm³/mol. The summed E-state index contributed by atoms with van der Waals surface area (Å²) in [5.41, 5.74) is -0.633. The molecule has 0 aromatic carbocycles. The van der Waals surface area contributed by atoms with Crippen molar-refractivity contribution in [2.24, 2.45) is 0 Å². The first-order valence-electron chi connectivity index (χ1n) is 5.59. The molecule has 17 heavy (non-hydrogen) atoms. The topological polar surface area (TPSA) is 82.5 Å². The minimum absolute atomic E-state index is 0.0574. The van der Waals surface area contributed by atoms with Gasteiger partial charge in [0.05, 0.1) is 17.4 Å². The van der Waals surface area contributed by atoms with Gasteiger partial charge in [-0.2, -0.15) is 0 Å². The molecule has 0 bridgehead atoms. The molecule has 1 atom stereocenters. The van der Waals surface area contributed by atoms with Gasteiger partial charge in [0.15, 0.2) is 0 Å². The SMILES string of the molecule is CCCC(C)(O)CNC(=O)c1cncc(O)c1. The normalized spacial score (nSPS) is 14.1. The van der Waals surface area contributed by atoms with Gasteiger partial charge in [0.2, 0.25) is 0 Å². The number of aromatic hydroxyl groups is 1. The van der Waals surface area contributed by atoms with E-state index in [0.29, 0.717) is 6.42 Å². The van der Waals surface area contributed by atoms with Crippen molar-refractivity contribution in [2.45, 2.75) is 32.3 Å². The molecule has 0 fully saturated rings. The third kappa shape index (κ3) is 4.40. The first kappa shape index (κ1) is 13.4. The Labute approximate surface area is 101 Å². The molecule has 1 heterocycles. The molecule has 1 amide bonds. The van der Waals surface area contributed by atoms with Crippen molar-refractivity contribution in [3.8, 4) is 5.75 Å². The second-order valence-corrected chi connectivity index (χ2v) is 4.36. The Bertz CT molecular complexity index is 391. The van der Waals surface area contributed by atoms with Gasteiger partial charge in [-0.25, -0.2) is 0 Å². The van der Waals surface area contributed by atoms with Crippen LogP contribution in [0.4, 0.5) is 0 Å². The number of hydrogen-bond acceptors (Lipinski definition) is 4. The molecule has 5 nitrogen and oxygen atoms in total. The van der Waals surface area contributed by atoms with Crippen molar-refractivity contribution in [2.75, 3.05) is 6.54 Å². The summed E-state index contributed by atoms with van der Waals surface area (Å²) in [5.74, 6) is -0.414. The number of carbonyl (C=O) groups excluding carboxylic acids is 1. The maximum Gasteiger partial charge on any atom is 0.253 e. The van der Waals surface area contributed by atoms with E-state index in [1.807, 2.05) is 6.92 Å². The molecule has 1 aromatic heterocycles. The van der Waals surface area contributed by atoms with E-state index in [0.717, 1.165) is 6.42 Å². The lowest BCUT2D eigenvalue weighted by molar-refractivity contribution is 0.0469. The largest absolute Gasteiger partial charge is 0.506 e. The Balaban J connectivity index is 2.56. The van der Waals surface area contributed by atoms with Crippen LogP contribution < -0.4 is 5.32 Å². The van der Waals surface area contributed by atoms with Crippen molar-refractivity contribution in [1.82, 2.24) is 10.3 Å². The molecule has 5 heteroatoms. The first-order valence-corrected chi connectivity index (χ1v) is 5.59. The summed E-state index contributed by atoms with van der Waals surface area (Å²) >= 11 is 0. The average Bonchev–Trinajstić information content (AvgIpc) is 2.26. The van der Waals surface area contributed by atoms with Crippen LogP contribution in [0.15, 0.2) is 18.5 Å². The third-order valence-electron chi connectivity index (χ3n) is 2.40. The van der Waals surface area contributed by atoms with E-state index < -0.39 is 5.60 Å². The summed E-state index contributed by atoms with van der Waals surface area (Å²) in [7, 11) is 0. The van der Waals surface area contributed by atoms with Crippen LogP contribution in [-0.4, -0.2) is 33.3 Å². The molecule has 0 aliphatic rings. The second kappa shape index (κ2) is 5.63. The summed E-state index contributed by atoms with van der Waals surface area (Å²) in [6.45, 7) is 3.82. The minimum atomic E-state index is -0.908. The number of carbonyl (C=O) groups is 1. The van der Waals surface area contributed by atoms with E-state index in [-0.39, 0.29) is 23.8 Å². The fraction of sp³-hybridized carbons (Fsp3) is 0.500. The number of aliphatic hydroxyl groups is 1. The number of rotatable bonds is 5. The van der Waals surface area contributed by atoms with Gasteiger partial charge in [-0.3, -0.25) is 9.78 Å². The Morgan fingerprint density at radius 3 is 2.82 bits per heavy atom. The monoisotopic (exact) mass is 238 g/mol. The molecular formula is C12H18N2O3. The highest BCUT2D eigenvalue weighted by molar-refractivity contribution is 5.94. The number of hydrogen-bond donors (Lipinski definition) is 3. The van der Waals surface area contributed by atoms with Gasteiger partial charge in [-0.15, -0.1) is 0 Å². The maximum absolute atomic E-state index is 11.7. The zero-order valence-electron chi connectivity index (χ0n) is 10.1. The molecule has 0 saturated heterocycles. The second-order valence-electron chi connectivity index (χ2n) is 4.36. The van der Waals surface area contributed by atoms with E-state index in [2.05, 4.69) is 10.3 Å². The van der Waals surface area contributed by atoms with Crippen LogP contribution in [-0.2, 0) is 0 Å². The zero-order valence-corrected chi connectivity index (χ0v) is 10.1. The quantitative estimate of drug-likeness (QED) is 0.716.